The van der Waals surface area contributed by atoms with E-state index in [1.807, 2.05) is 36.9 Å². The lowest BCUT2D eigenvalue weighted by Crippen LogP contribution is -2.54. The van der Waals surface area contributed by atoms with Gasteiger partial charge in [0.05, 0.1) is 21.1 Å². The van der Waals surface area contributed by atoms with Crippen molar-refractivity contribution in [1.82, 2.24) is 24.4 Å². The van der Waals surface area contributed by atoms with Gasteiger partial charge in [0, 0.05) is 25.7 Å². The molecule has 3 aromatic heterocycles. The van der Waals surface area contributed by atoms with Crippen LogP contribution < -0.4 is 16.3 Å². The van der Waals surface area contributed by atoms with Crippen molar-refractivity contribution in [1.29, 1.82) is 0 Å². The van der Waals surface area contributed by atoms with E-state index in [4.69, 9.17) is 33.9 Å². The maximum absolute atomic E-state index is 14.0. The van der Waals surface area contributed by atoms with Crippen molar-refractivity contribution in [3.63, 3.8) is 0 Å². The summed E-state index contributed by atoms with van der Waals surface area (Å²) in [4.78, 5) is 44.0. The number of amides is 1. The van der Waals surface area contributed by atoms with E-state index in [0.29, 0.717) is 52.9 Å². The topological polar surface area (TPSA) is 110 Å². The first-order chi connectivity index (χ1) is 19.6. The highest BCUT2D eigenvalue weighted by Gasteiger charge is 2.30. The van der Waals surface area contributed by atoms with Crippen molar-refractivity contribution >= 4 is 51.8 Å². The molecule has 0 unspecified atom stereocenters. The first-order valence-corrected chi connectivity index (χ1v) is 14.2. The van der Waals surface area contributed by atoms with Gasteiger partial charge in [-0.3, -0.25) is 4.79 Å². The quantitative estimate of drug-likeness (QED) is 0.306. The van der Waals surface area contributed by atoms with Crippen molar-refractivity contribution in [2.75, 3.05) is 30.3 Å². The molecule has 5 rings (SSSR count). The summed E-state index contributed by atoms with van der Waals surface area (Å²) < 4.78 is 1.56. The zero-order valence-corrected chi connectivity index (χ0v) is 24.7. The van der Waals surface area contributed by atoms with Crippen molar-refractivity contribution < 1.29 is 4.79 Å². The fourth-order valence-electron chi connectivity index (χ4n) is 5.43. The number of aryl methyl sites for hydroxylation is 2. The zero-order chi connectivity index (χ0) is 29.4. The number of hydrogen-bond donors (Lipinski definition) is 1. The Bertz CT molecular complexity index is 1740. The van der Waals surface area contributed by atoms with Crippen LogP contribution in [0.2, 0.25) is 10.0 Å². The summed E-state index contributed by atoms with van der Waals surface area (Å²) >= 11 is 13.4. The number of carbonyl (C=O) groups excluding carboxylic acids is 1. The fraction of sp³-hybridized carbons (Fsp3) is 0.300. The number of para-hydroxylation sites is 1. The lowest BCUT2D eigenvalue weighted by molar-refractivity contribution is -0.126. The summed E-state index contributed by atoms with van der Waals surface area (Å²) in [6, 6.07) is 10.8. The molecule has 1 atom stereocenters. The predicted molar refractivity (Wildman–Crippen MR) is 165 cm³/mol. The monoisotopic (exact) mass is 591 g/mol. The van der Waals surface area contributed by atoms with Gasteiger partial charge in [0.1, 0.15) is 23.0 Å². The Morgan fingerprint density at radius 2 is 1.88 bits per heavy atom. The van der Waals surface area contributed by atoms with Gasteiger partial charge in [-0.05, 0) is 55.7 Å². The number of halogens is 2. The Hall–Kier alpha value is -3.95. The minimum absolute atomic E-state index is 0.129. The van der Waals surface area contributed by atoms with Gasteiger partial charge in [0.25, 0.3) is 0 Å². The highest BCUT2D eigenvalue weighted by atomic mass is 35.5. The van der Waals surface area contributed by atoms with Crippen LogP contribution in [0.15, 0.2) is 53.8 Å². The van der Waals surface area contributed by atoms with Crippen LogP contribution in [0.1, 0.15) is 31.4 Å². The number of aromatic nitrogens is 4. The lowest BCUT2D eigenvalue weighted by Gasteiger charge is -2.40. The van der Waals surface area contributed by atoms with Gasteiger partial charge >= 0.3 is 5.69 Å². The molecule has 1 fully saturated rings. The van der Waals surface area contributed by atoms with Crippen LogP contribution in [0, 0.1) is 6.92 Å². The largest absolute Gasteiger partial charge is 0.384 e. The summed E-state index contributed by atoms with van der Waals surface area (Å²) in [6.07, 6.45) is 2.98. The van der Waals surface area contributed by atoms with Gasteiger partial charge in [-0.2, -0.15) is 4.98 Å². The van der Waals surface area contributed by atoms with Gasteiger partial charge in [0.15, 0.2) is 5.65 Å². The minimum Gasteiger partial charge on any atom is -0.384 e. The van der Waals surface area contributed by atoms with Gasteiger partial charge in [-0.15, -0.1) is 0 Å². The minimum atomic E-state index is -0.469. The average molecular weight is 593 g/mol. The molecule has 0 radical (unpaired) electrons. The molecule has 4 aromatic rings. The maximum Gasteiger partial charge on any atom is 0.355 e. The van der Waals surface area contributed by atoms with Crippen LogP contribution in [-0.4, -0.2) is 56.0 Å². The number of hydrogen-bond acceptors (Lipinski definition) is 7. The first kappa shape index (κ1) is 28.6. The average Bonchev–Trinajstić information content (AvgIpc) is 2.94. The maximum atomic E-state index is 14.0. The molecular weight excluding hydrogens is 561 g/mol. The Morgan fingerprint density at radius 3 is 2.59 bits per heavy atom. The molecule has 11 heteroatoms. The van der Waals surface area contributed by atoms with Crippen LogP contribution in [0.25, 0.3) is 28.1 Å². The van der Waals surface area contributed by atoms with E-state index in [0.717, 1.165) is 29.7 Å². The van der Waals surface area contributed by atoms with Gasteiger partial charge in [-0.1, -0.05) is 61.3 Å². The van der Waals surface area contributed by atoms with E-state index in [1.165, 1.54) is 6.08 Å². The molecule has 1 aliphatic rings. The second-order valence-corrected chi connectivity index (χ2v) is 11.0. The Labute approximate surface area is 248 Å². The molecule has 9 nitrogen and oxygen atoms in total. The van der Waals surface area contributed by atoms with Crippen LogP contribution in [-0.2, 0) is 11.2 Å². The molecule has 41 heavy (non-hydrogen) atoms. The van der Waals surface area contributed by atoms with Crippen molar-refractivity contribution in [2.45, 2.75) is 39.7 Å². The SMILES string of the molecule is C=CC(=O)N1CCN(c2nc(=O)n(-c3c(C)cccc3CCC)c3nc(-c4nc(N)ccc4Cl)c(Cl)cc23)[C@@H](C)C1. The number of fused-ring (bicyclic) bond motifs is 1. The molecule has 4 heterocycles. The summed E-state index contributed by atoms with van der Waals surface area (Å²) in [7, 11) is 0. The number of nitrogens with zero attached hydrogens (tertiary/aromatic N) is 6. The van der Waals surface area contributed by atoms with Gasteiger partial charge < -0.3 is 15.5 Å². The molecule has 1 aromatic carbocycles. The van der Waals surface area contributed by atoms with Gasteiger partial charge in [0.2, 0.25) is 5.91 Å². The first-order valence-electron chi connectivity index (χ1n) is 13.5. The van der Waals surface area contributed by atoms with Crippen molar-refractivity contribution in [3.8, 4) is 17.1 Å². The van der Waals surface area contributed by atoms with E-state index in [1.54, 1.807) is 27.7 Å². The lowest BCUT2D eigenvalue weighted by atomic mass is 10.0. The number of nitrogen functional groups attached to an aromatic ring is 1. The number of benzene rings is 1. The fourth-order valence-corrected chi connectivity index (χ4v) is 5.86. The predicted octanol–water partition coefficient (Wildman–Crippen LogP) is 5.22. The second kappa shape index (κ2) is 11.5. The third-order valence-corrected chi connectivity index (χ3v) is 7.94. The van der Waals surface area contributed by atoms with E-state index >= 15 is 0 Å². The third-order valence-electron chi connectivity index (χ3n) is 7.34. The van der Waals surface area contributed by atoms with Crippen molar-refractivity contribution in [3.05, 3.63) is 80.7 Å². The number of pyridine rings is 2. The van der Waals surface area contributed by atoms with E-state index in [2.05, 4.69) is 23.5 Å². The Kier molecular flexibility index (Phi) is 8.02. The Balaban J connectivity index is 1.81. The molecule has 0 aliphatic carbocycles. The summed E-state index contributed by atoms with van der Waals surface area (Å²) in [5.74, 6) is 0.589. The molecule has 1 amide bonds. The summed E-state index contributed by atoms with van der Waals surface area (Å²) in [5.41, 5.74) is 9.18. The van der Waals surface area contributed by atoms with E-state index in [-0.39, 0.29) is 22.8 Å². The molecule has 2 N–H and O–H groups in total. The summed E-state index contributed by atoms with van der Waals surface area (Å²) in [6.45, 7) is 11.0. The molecular formula is C30H31Cl2N7O2. The molecule has 212 valence electrons. The number of piperazine rings is 1. The van der Waals surface area contributed by atoms with Crippen LogP contribution in [0.4, 0.5) is 11.6 Å². The third kappa shape index (κ3) is 5.27. The molecule has 1 saturated heterocycles. The van der Waals surface area contributed by atoms with Crippen LogP contribution in [0.3, 0.4) is 0 Å². The molecule has 0 spiro atoms. The molecule has 0 bridgehead atoms. The highest BCUT2D eigenvalue weighted by Crippen LogP contribution is 2.37. The number of nitrogens with two attached hydrogens (primary N) is 1. The van der Waals surface area contributed by atoms with Crippen LogP contribution >= 0.6 is 23.2 Å². The van der Waals surface area contributed by atoms with Crippen molar-refractivity contribution in [2.24, 2.45) is 0 Å². The molecule has 1 aliphatic heterocycles. The van der Waals surface area contributed by atoms with E-state index in [9.17, 15) is 9.59 Å². The highest BCUT2D eigenvalue weighted by molar-refractivity contribution is 6.36. The van der Waals surface area contributed by atoms with Crippen LogP contribution in [0.5, 0.6) is 0 Å². The molecule has 0 saturated carbocycles. The second-order valence-electron chi connectivity index (χ2n) is 10.2. The normalized spacial score (nSPS) is 15.4. The number of anilines is 2. The van der Waals surface area contributed by atoms with E-state index < -0.39 is 5.69 Å². The standard InChI is InChI=1S/C30H31Cl2N7O2/c1-5-8-19-10-7-9-17(3)27(19)39-29-20(15-22(32)26(35-29)25-21(31)11-12-23(33)34-25)28(36-30(39)41)38-14-13-37(16-18(38)4)24(40)6-2/h6-7,9-12,15,18H,2,5,8,13-14,16H2,1,3-4H3,(H2,33,34)/t18-/m0/s1. The summed E-state index contributed by atoms with van der Waals surface area (Å²) in [5, 5.41) is 1.21. The smallest absolute Gasteiger partial charge is 0.355 e. The zero-order valence-electron chi connectivity index (χ0n) is 23.2. The van der Waals surface area contributed by atoms with Gasteiger partial charge in [-0.25, -0.2) is 19.3 Å². The number of rotatable bonds is 6. The Morgan fingerprint density at radius 1 is 1.12 bits per heavy atom. The number of carbonyl (C=O) groups is 1.